The molecule has 1 aromatic carbocycles. The summed E-state index contributed by atoms with van der Waals surface area (Å²) >= 11 is 0. The molecular formula is C14H16F3N3. The van der Waals surface area contributed by atoms with Gasteiger partial charge in [0.15, 0.2) is 0 Å². The third-order valence-corrected chi connectivity index (χ3v) is 3.78. The SMILES string of the molecule is FC(F)(F)C1CCCN(Cc2nc3ccccc3[nH]2)C1. The van der Waals surface area contributed by atoms with Crippen LogP contribution in [0, 0.1) is 5.92 Å². The molecule has 0 aliphatic carbocycles. The summed E-state index contributed by atoms with van der Waals surface area (Å²) in [4.78, 5) is 9.41. The van der Waals surface area contributed by atoms with Gasteiger partial charge < -0.3 is 4.98 Å². The third kappa shape index (κ3) is 2.80. The molecule has 1 aliphatic heterocycles. The Morgan fingerprint density at radius 3 is 2.85 bits per heavy atom. The Labute approximate surface area is 114 Å². The van der Waals surface area contributed by atoms with E-state index in [2.05, 4.69) is 9.97 Å². The summed E-state index contributed by atoms with van der Waals surface area (Å²) in [5, 5.41) is 0. The second-order valence-corrected chi connectivity index (χ2v) is 5.32. The van der Waals surface area contributed by atoms with E-state index in [1.54, 1.807) is 0 Å². The molecule has 1 N–H and O–H groups in total. The van der Waals surface area contributed by atoms with E-state index in [-0.39, 0.29) is 13.0 Å². The molecule has 1 aliphatic rings. The fourth-order valence-corrected chi connectivity index (χ4v) is 2.76. The van der Waals surface area contributed by atoms with Gasteiger partial charge in [-0.25, -0.2) is 4.98 Å². The molecule has 1 unspecified atom stereocenters. The van der Waals surface area contributed by atoms with Gasteiger partial charge in [0.05, 0.1) is 23.5 Å². The molecule has 1 saturated heterocycles. The second-order valence-electron chi connectivity index (χ2n) is 5.32. The first-order valence-corrected chi connectivity index (χ1v) is 6.75. The molecule has 3 rings (SSSR count). The lowest BCUT2D eigenvalue weighted by Crippen LogP contribution is -2.41. The van der Waals surface area contributed by atoms with Gasteiger partial charge >= 0.3 is 6.18 Å². The van der Waals surface area contributed by atoms with Crippen LogP contribution in [0.1, 0.15) is 18.7 Å². The van der Waals surface area contributed by atoms with E-state index in [0.717, 1.165) is 16.9 Å². The summed E-state index contributed by atoms with van der Waals surface area (Å²) in [6, 6.07) is 7.61. The van der Waals surface area contributed by atoms with Gasteiger partial charge in [0, 0.05) is 6.54 Å². The van der Waals surface area contributed by atoms with Gasteiger partial charge in [-0.2, -0.15) is 13.2 Å². The summed E-state index contributed by atoms with van der Waals surface area (Å²) in [6.45, 7) is 1.21. The Kier molecular flexibility index (Phi) is 3.41. The lowest BCUT2D eigenvalue weighted by molar-refractivity contribution is -0.187. The van der Waals surface area contributed by atoms with Crippen molar-refractivity contribution in [3.8, 4) is 0 Å². The number of nitrogens with one attached hydrogen (secondary N) is 1. The van der Waals surface area contributed by atoms with Gasteiger partial charge in [0.1, 0.15) is 5.82 Å². The number of benzene rings is 1. The Morgan fingerprint density at radius 2 is 2.10 bits per heavy atom. The van der Waals surface area contributed by atoms with Gasteiger partial charge in [-0.1, -0.05) is 12.1 Å². The summed E-state index contributed by atoms with van der Waals surface area (Å²) in [7, 11) is 0. The molecule has 3 nitrogen and oxygen atoms in total. The third-order valence-electron chi connectivity index (χ3n) is 3.78. The topological polar surface area (TPSA) is 31.9 Å². The number of para-hydroxylation sites is 2. The Morgan fingerprint density at radius 1 is 1.30 bits per heavy atom. The van der Waals surface area contributed by atoms with Gasteiger partial charge in [-0.05, 0) is 31.5 Å². The number of aromatic amines is 1. The summed E-state index contributed by atoms with van der Waals surface area (Å²) in [6.07, 6.45) is -3.27. The zero-order valence-electron chi connectivity index (χ0n) is 11.0. The number of hydrogen-bond donors (Lipinski definition) is 1. The normalized spacial score (nSPS) is 21.4. The van der Waals surface area contributed by atoms with Crippen LogP contribution in [0.15, 0.2) is 24.3 Å². The average Bonchev–Trinajstić information content (AvgIpc) is 2.80. The van der Waals surface area contributed by atoms with E-state index in [4.69, 9.17) is 0 Å². The molecule has 1 aromatic heterocycles. The maximum Gasteiger partial charge on any atom is 0.393 e. The molecule has 108 valence electrons. The molecule has 6 heteroatoms. The van der Waals surface area contributed by atoms with E-state index in [9.17, 15) is 13.2 Å². The van der Waals surface area contributed by atoms with Crippen molar-refractivity contribution in [3.63, 3.8) is 0 Å². The van der Waals surface area contributed by atoms with Crippen LogP contribution in [0.3, 0.4) is 0 Å². The van der Waals surface area contributed by atoms with Crippen LogP contribution in [0.25, 0.3) is 11.0 Å². The maximum absolute atomic E-state index is 12.8. The lowest BCUT2D eigenvalue weighted by atomic mass is 9.97. The van der Waals surface area contributed by atoms with Crippen molar-refractivity contribution in [2.45, 2.75) is 25.6 Å². The van der Waals surface area contributed by atoms with Crippen LogP contribution >= 0.6 is 0 Å². The monoisotopic (exact) mass is 283 g/mol. The minimum atomic E-state index is -4.09. The van der Waals surface area contributed by atoms with E-state index >= 15 is 0 Å². The van der Waals surface area contributed by atoms with Crippen molar-refractivity contribution in [3.05, 3.63) is 30.1 Å². The predicted octanol–water partition coefficient (Wildman–Crippen LogP) is 3.34. The number of hydrogen-bond acceptors (Lipinski definition) is 2. The van der Waals surface area contributed by atoms with Crippen molar-refractivity contribution in [2.75, 3.05) is 13.1 Å². The molecule has 0 radical (unpaired) electrons. The Hall–Kier alpha value is -1.56. The smallest absolute Gasteiger partial charge is 0.341 e. The molecule has 0 saturated carbocycles. The first-order chi connectivity index (χ1) is 9.52. The van der Waals surface area contributed by atoms with Gasteiger partial charge in [-0.15, -0.1) is 0 Å². The van der Waals surface area contributed by atoms with Crippen molar-refractivity contribution >= 4 is 11.0 Å². The fourth-order valence-electron chi connectivity index (χ4n) is 2.76. The standard InChI is InChI=1S/C14H16F3N3/c15-14(16,17)10-4-3-7-20(8-10)9-13-18-11-5-1-2-6-12(11)19-13/h1-2,5-6,10H,3-4,7-9H2,(H,18,19). The van der Waals surface area contributed by atoms with Gasteiger partial charge in [-0.3, -0.25) is 4.90 Å². The molecule has 0 amide bonds. The van der Waals surface area contributed by atoms with E-state index < -0.39 is 12.1 Å². The van der Waals surface area contributed by atoms with Crippen LogP contribution in [0.2, 0.25) is 0 Å². The van der Waals surface area contributed by atoms with Crippen LogP contribution in [-0.2, 0) is 6.54 Å². The number of alkyl halides is 3. The van der Waals surface area contributed by atoms with Crippen LogP contribution in [0.4, 0.5) is 13.2 Å². The van der Waals surface area contributed by atoms with Crippen LogP contribution < -0.4 is 0 Å². The number of likely N-dealkylation sites (tertiary alicyclic amines) is 1. The number of fused-ring (bicyclic) bond motifs is 1. The minimum absolute atomic E-state index is 0.0700. The molecule has 2 heterocycles. The minimum Gasteiger partial charge on any atom is -0.341 e. The first kappa shape index (κ1) is 13.4. The zero-order chi connectivity index (χ0) is 14.2. The van der Waals surface area contributed by atoms with Crippen molar-refractivity contribution < 1.29 is 13.2 Å². The van der Waals surface area contributed by atoms with Crippen molar-refractivity contribution in [1.29, 1.82) is 0 Å². The molecule has 0 bridgehead atoms. The lowest BCUT2D eigenvalue weighted by Gasteiger charge is -2.33. The highest BCUT2D eigenvalue weighted by Gasteiger charge is 2.41. The van der Waals surface area contributed by atoms with E-state index in [0.29, 0.717) is 19.5 Å². The number of rotatable bonds is 2. The Bertz CT molecular complexity index is 558. The average molecular weight is 283 g/mol. The molecule has 1 atom stereocenters. The highest BCUT2D eigenvalue weighted by Crippen LogP contribution is 2.33. The van der Waals surface area contributed by atoms with E-state index in [1.165, 1.54) is 0 Å². The molecular weight excluding hydrogens is 267 g/mol. The number of aromatic nitrogens is 2. The first-order valence-electron chi connectivity index (χ1n) is 6.75. The number of nitrogens with zero attached hydrogens (tertiary/aromatic N) is 2. The number of piperidine rings is 1. The fraction of sp³-hybridized carbons (Fsp3) is 0.500. The highest BCUT2D eigenvalue weighted by molar-refractivity contribution is 5.74. The molecule has 20 heavy (non-hydrogen) atoms. The summed E-state index contributed by atoms with van der Waals surface area (Å²) in [5.41, 5.74) is 1.78. The molecule has 2 aromatic rings. The molecule has 1 fully saturated rings. The summed E-state index contributed by atoms with van der Waals surface area (Å²) < 4.78 is 38.3. The quantitative estimate of drug-likeness (QED) is 0.916. The number of halogens is 3. The highest BCUT2D eigenvalue weighted by atomic mass is 19.4. The van der Waals surface area contributed by atoms with Crippen LogP contribution in [0.5, 0.6) is 0 Å². The van der Waals surface area contributed by atoms with E-state index in [1.807, 2.05) is 29.2 Å². The maximum atomic E-state index is 12.8. The van der Waals surface area contributed by atoms with Crippen molar-refractivity contribution in [1.82, 2.24) is 14.9 Å². The number of H-pyrrole nitrogens is 1. The van der Waals surface area contributed by atoms with Crippen LogP contribution in [-0.4, -0.2) is 34.1 Å². The van der Waals surface area contributed by atoms with Gasteiger partial charge in [0.25, 0.3) is 0 Å². The van der Waals surface area contributed by atoms with Crippen molar-refractivity contribution in [2.24, 2.45) is 5.92 Å². The largest absolute Gasteiger partial charge is 0.393 e. The summed E-state index contributed by atoms with van der Waals surface area (Å²) in [5.74, 6) is -0.477. The Balaban J connectivity index is 1.71. The predicted molar refractivity (Wildman–Crippen MR) is 70.1 cm³/mol. The zero-order valence-corrected chi connectivity index (χ0v) is 11.0. The number of imidazole rings is 1. The van der Waals surface area contributed by atoms with Gasteiger partial charge in [0.2, 0.25) is 0 Å². The second kappa shape index (κ2) is 5.09. The molecule has 0 spiro atoms.